The molecule has 1 aliphatic heterocycles. The summed E-state index contributed by atoms with van der Waals surface area (Å²) in [5.74, 6) is 1.40. The van der Waals surface area contributed by atoms with Gasteiger partial charge < -0.3 is 19.1 Å². The third-order valence-corrected chi connectivity index (χ3v) is 5.73. The number of carbonyl (C=O) groups excluding carboxylic acids is 1. The number of carbonyl (C=O) groups is 1. The van der Waals surface area contributed by atoms with E-state index in [-0.39, 0.29) is 17.5 Å². The number of hydrogen-bond donors (Lipinski definition) is 1. The standard InChI is InChI=1S/C22H26N4O3/c23-15-18-22(29-21(25-18)19-7-4-14-28-19)26-12-9-17(10-13-26)20(27)24-11-8-16-5-2-1-3-6-16/h4-5,7,14,17H,1-3,6,8-13H2,(H,24,27). The first kappa shape index (κ1) is 19.3. The van der Waals surface area contributed by atoms with Crippen molar-refractivity contribution in [3.05, 3.63) is 35.7 Å². The summed E-state index contributed by atoms with van der Waals surface area (Å²) in [6.07, 6.45) is 11.2. The molecule has 0 radical (unpaired) electrons. The summed E-state index contributed by atoms with van der Waals surface area (Å²) in [5.41, 5.74) is 1.73. The first-order valence-electron chi connectivity index (χ1n) is 10.4. The molecule has 2 aromatic rings. The number of amides is 1. The Morgan fingerprint density at radius 1 is 1.34 bits per heavy atom. The Morgan fingerprint density at radius 3 is 2.90 bits per heavy atom. The van der Waals surface area contributed by atoms with Crippen molar-refractivity contribution in [2.45, 2.75) is 44.9 Å². The summed E-state index contributed by atoms with van der Waals surface area (Å²) in [5, 5.41) is 12.5. The first-order valence-corrected chi connectivity index (χ1v) is 10.4. The maximum absolute atomic E-state index is 12.5. The zero-order valence-electron chi connectivity index (χ0n) is 16.5. The number of oxazole rings is 1. The number of furan rings is 1. The Kier molecular flexibility index (Phi) is 5.99. The molecule has 1 aliphatic carbocycles. The van der Waals surface area contributed by atoms with Crippen molar-refractivity contribution in [3.63, 3.8) is 0 Å². The summed E-state index contributed by atoms with van der Waals surface area (Å²) >= 11 is 0. The minimum atomic E-state index is 0.00425. The van der Waals surface area contributed by atoms with E-state index in [2.05, 4.69) is 22.4 Å². The molecule has 1 saturated heterocycles. The molecule has 1 amide bonds. The van der Waals surface area contributed by atoms with Gasteiger partial charge in [0.25, 0.3) is 5.89 Å². The van der Waals surface area contributed by atoms with Crippen LogP contribution in [0.25, 0.3) is 11.7 Å². The van der Waals surface area contributed by atoms with Crippen LogP contribution in [0.5, 0.6) is 0 Å². The van der Waals surface area contributed by atoms with Gasteiger partial charge in [0.2, 0.25) is 17.5 Å². The fourth-order valence-corrected chi connectivity index (χ4v) is 4.07. The van der Waals surface area contributed by atoms with Crippen LogP contribution >= 0.6 is 0 Å². The predicted molar refractivity (Wildman–Crippen MR) is 108 cm³/mol. The Labute approximate surface area is 170 Å². The number of piperidine rings is 1. The largest absolute Gasteiger partial charge is 0.459 e. The van der Waals surface area contributed by atoms with Gasteiger partial charge in [0, 0.05) is 25.6 Å². The fraction of sp³-hybridized carbons (Fsp3) is 0.500. The molecule has 4 rings (SSSR count). The Hall–Kier alpha value is -3.01. The van der Waals surface area contributed by atoms with Crippen molar-refractivity contribution in [1.29, 1.82) is 5.26 Å². The molecule has 0 unspecified atom stereocenters. The van der Waals surface area contributed by atoms with E-state index < -0.39 is 0 Å². The predicted octanol–water partition coefficient (Wildman–Crippen LogP) is 4.03. The van der Waals surface area contributed by atoms with Crippen LogP contribution < -0.4 is 10.2 Å². The lowest BCUT2D eigenvalue weighted by Gasteiger charge is -2.31. The molecule has 7 nitrogen and oxygen atoms in total. The van der Waals surface area contributed by atoms with E-state index in [1.54, 1.807) is 18.4 Å². The quantitative estimate of drug-likeness (QED) is 0.743. The third kappa shape index (κ3) is 4.53. The number of rotatable bonds is 6. The van der Waals surface area contributed by atoms with Crippen molar-refractivity contribution in [3.8, 4) is 17.7 Å². The van der Waals surface area contributed by atoms with Crippen LogP contribution in [0.2, 0.25) is 0 Å². The maximum Gasteiger partial charge on any atom is 0.266 e. The Morgan fingerprint density at radius 2 is 2.21 bits per heavy atom. The van der Waals surface area contributed by atoms with Crippen LogP contribution in [0, 0.1) is 17.2 Å². The van der Waals surface area contributed by atoms with E-state index in [0.717, 1.165) is 25.8 Å². The highest BCUT2D eigenvalue weighted by Gasteiger charge is 2.29. The second-order valence-corrected chi connectivity index (χ2v) is 7.67. The highest BCUT2D eigenvalue weighted by Crippen LogP contribution is 2.31. The number of nitrogens with zero attached hydrogens (tertiary/aromatic N) is 3. The molecule has 3 heterocycles. The minimum Gasteiger partial charge on any atom is -0.459 e. The number of nitrogens with one attached hydrogen (secondary N) is 1. The minimum absolute atomic E-state index is 0.00425. The van der Waals surface area contributed by atoms with E-state index in [0.29, 0.717) is 30.6 Å². The van der Waals surface area contributed by atoms with Crippen molar-refractivity contribution in [2.75, 3.05) is 24.5 Å². The lowest BCUT2D eigenvalue weighted by Crippen LogP contribution is -2.41. The molecule has 1 fully saturated rings. The van der Waals surface area contributed by atoms with Crippen LogP contribution in [0.4, 0.5) is 5.88 Å². The van der Waals surface area contributed by atoms with Gasteiger partial charge in [0.05, 0.1) is 6.26 Å². The van der Waals surface area contributed by atoms with Gasteiger partial charge in [-0.05, 0) is 57.1 Å². The summed E-state index contributed by atoms with van der Waals surface area (Å²) in [6, 6.07) is 5.59. The van der Waals surface area contributed by atoms with Gasteiger partial charge in [0.15, 0.2) is 5.76 Å². The fourth-order valence-electron chi connectivity index (χ4n) is 4.07. The Balaban J connectivity index is 1.29. The lowest BCUT2D eigenvalue weighted by atomic mass is 9.95. The third-order valence-electron chi connectivity index (χ3n) is 5.73. The van der Waals surface area contributed by atoms with E-state index >= 15 is 0 Å². The van der Waals surface area contributed by atoms with E-state index in [1.165, 1.54) is 31.3 Å². The SMILES string of the molecule is N#Cc1nc(-c2ccco2)oc1N1CCC(C(=O)NCCC2=CCCCC2)CC1. The molecule has 0 spiro atoms. The molecule has 2 aliphatic rings. The van der Waals surface area contributed by atoms with Crippen LogP contribution in [0.3, 0.4) is 0 Å². The number of allylic oxidation sites excluding steroid dienone is 1. The second kappa shape index (κ2) is 8.99. The maximum atomic E-state index is 12.5. The molecular formula is C22H26N4O3. The van der Waals surface area contributed by atoms with Gasteiger partial charge in [-0.1, -0.05) is 11.6 Å². The summed E-state index contributed by atoms with van der Waals surface area (Å²) < 4.78 is 11.1. The highest BCUT2D eigenvalue weighted by atomic mass is 16.4. The molecular weight excluding hydrogens is 368 g/mol. The van der Waals surface area contributed by atoms with Crippen molar-refractivity contribution < 1.29 is 13.6 Å². The van der Waals surface area contributed by atoms with E-state index in [9.17, 15) is 10.1 Å². The van der Waals surface area contributed by atoms with Gasteiger partial charge >= 0.3 is 0 Å². The van der Waals surface area contributed by atoms with Gasteiger partial charge in [-0.25, -0.2) is 0 Å². The zero-order chi connectivity index (χ0) is 20.1. The van der Waals surface area contributed by atoms with Crippen LogP contribution in [-0.4, -0.2) is 30.5 Å². The monoisotopic (exact) mass is 394 g/mol. The lowest BCUT2D eigenvalue weighted by molar-refractivity contribution is -0.125. The van der Waals surface area contributed by atoms with Gasteiger partial charge in [0.1, 0.15) is 6.07 Å². The van der Waals surface area contributed by atoms with E-state index in [1.807, 2.05) is 4.90 Å². The van der Waals surface area contributed by atoms with Crippen LogP contribution in [0.15, 0.2) is 38.9 Å². The molecule has 7 heteroatoms. The first-order chi connectivity index (χ1) is 14.2. The van der Waals surface area contributed by atoms with Crippen LogP contribution in [0.1, 0.15) is 50.6 Å². The molecule has 0 atom stereocenters. The van der Waals surface area contributed by atoms with Gasteiger partial charge in [-0.3, -0.25) is 4.79 Å². The average molecular weight is 394 g/mol. The Bertz CT molecular complexity index is 899. The summed E-state index contributed by atoms with van der Waals surface area (Å²) in [7, 11) is 0. The van der Waals surface area contributed by atoms with Crippen molar-refractivity contribution in [2.24, 2.45) is 5.92 Å². The topological polar surface area (TPSA) is 95.3 Å². The molecule has 152 valence electrons. The number of anilines is 1. The molecule has 2 aromatic heterocycles. The van der Waals surface area contributed by atoms with E-state index in [4.69, 9.17) is 8.83 Å². The number of aromatic nitrogens is 1. The smallest absolute Gasteiger partial charge is 0.266 e. The summed E-state index contributed by atoms with van der Waals surface area (Å²) in [6.45, 7) is 2.04. The van der Waals surface area contributed by atoms with Crippen LogP contribution in [-0.2, 0) is 4.79 Å². The molecule has 0 bridgehead atoms. The molecule has 1 N–H and O–H groups in total. The average Bonchev–Trinajstić information content (AvgIpc) is 3.44. The molecule has 0 aromatic carbocycles. The van der Waals surface area contributed by atoms with Gasteiger partial charge in [-0.15, -0.1) is 0 Å². The zero-order valence-corrected chi connectivity index (χ0v) is 16.5. The second-order valence-electron chi connectivity index (χ2n) is 7.67. The van der Waals surface area contributed by atoms with Crippen molar-refractivity contribution in [1.82, 2.24) is 10.3 Å². The van der Waals surface area contributed by atoms with Gasteiger partial charge in [-0.2, -0.15) is 10.2 Å². The highest BCUT2D eigenvalue weighted by molar-refractivity contribution is 5.79. The molecule has 0 saturated carbocycles. The summed E-state index contributed by atoms with van der Waals surface area (Å²) in [4.78, 5) is 18.7. The number of hydrogen-bond acceptors (Lipinski definition) is 6. The number of nitriles is 1. The molecule has 29 heavy (non-hydrogen) atoms. The normalized spacial score (nSPS) is 17.6. The van der Waals surface area contributed by atoms with Crippen molar-refractivity contribution >= 4 is 11.8 Å².